The number of carboxylic acids is 1. The average molecular weight is 256 g/mol. The number of nitrogens with zero attached hydrogens (tertiary/aromatic N) is 2. The summed E-state index contributed by atoms with van der Waals surface area (Å²) >= 11 is 0. The third-order valence-electron chi connectivity index (χ3n) is 3.05. The number of carboxylic acid groups (broad SMARTS) is 1. The van der Waals surface area contributed by atoms with Gasteiger partial charge in [-0.3, -0.25) is 4.79 Å². The third-order valence-corrected chi connectivity index (χ3v) is 3.05. The van der Waals surface area contributed by atoms with Crippen LogP contribution in [-0.2, 0) is 11.8 Å². The molecule has 1 aromatic rings. The highest BCUT2D eigenvalue weighted by Crippen LogP contribution is 2.35. The van der Waals surface area contributed by atoms with Gasteiger partial charge in [-0.2, -0.15) is 5.10 Å². The van der Waals surface area contributed by atoms with E-state index in [1.807, 2.05) is 0 Å². The summed E-state index contributed by atoms with van der Waals surface area (Å²) in [5.41, 5.74) is 1.02. The number of aliphatic carboxylic acids is 1. The second-order valence-corrected chi connectivity index (χ2v) is 4.68. The topological polar surface area (TPSA) is 84.6 Å². The first kappa shape index (κ1) is 14.5. The van der Waals surface area contributed by atoms with Crippen molar-refractivity contribution in [2.24, 2.45) is 18.9 Å². The molecule has 18 heavy (non-hydrogen) atoms. The summed E-state index contributed by atoms with van der Waals surface area (Å²) in [6.45, 7) is 5.25. The molecule has 0 bridgehead atoms. The van der Waals surface area contributed by atoms with Gasteiger partial charge in [-0.05, 0) is 12.8 Å². The lowest BCUT2D eigenvalue weighted by Crippen LogP contribution is -2.27. The Kier molecular flexibility index (Phi) is 4.34. The summed E-state index contributed by atoms with van der Waals surface area (Å²) in [7, 11) is 3.16. The van der Waals surface area contributed by atoms with E-state index >= 15 is 0 Å². The van der Waals surface area contributed by atoms with Crippen molar-refractivity contribution in [3.05, 3.63) is 11.3 Å². The van der Waals surface area contributed by atoms with Crippen molar-refractivity contribution in [2.75, 3.05) is 7.11 Å². The van der Waals surface area contributed by atoms with Gasteiger partial charge in [-0.15, -0.1) is 0 Å². The quantitative estimate of drug-likeness (QED) is 0.825. The van der Waals surface area contributed by atoms with E-state index in [-0.39, 0.29) is 5.92 Å². The van der Waals surface area contributed by atoms with Gasteiger partial charge in [0, 0.05) is 7.05 Å². The van der Waals surface area contributed by atoms with Crippen LogP contribution in [-0.4, -0.2) is 33.1 Å². The molecule has 1 aromatic heterocycles. The van der Waals surface area contributed by atoms with Crippen molar-refractivity contribution in [3.8, 4) is 5.88 Å². The van der Waals surface area contributed by atoms with Crippen LogP contribution in [0.5, 0.6) is 5.88 Å². The largest absolute Gasteiger partial charge is 0.481 e. The highest BCUT2D eigenvalue weighted by molar-refractivity contribution is 5.71. The highest BCUT2D eigenvalue weighted by Gasteiger charge is 2.35. The minimum Gasteiger partial charge on any atom is -0.481 e. The summed E-state index contributed by atoms with van der Waals surface area (Å²) in [5, 5.41) is 23.7. The zero-order valence-electron chi connectivity index (χ0n) is 11.3. The zero-order chi connectivity index (χ0) is 14.0. The second kappa shape index (κ2) is 5.39. The van der Waals surface area contributed by atoms with Crippen LogP contribution in [0.2, 0.25) is 0 Å². The number of hydrogen-bond donors (Lipinski definition) is 2. The highest BCUT2D eigenvalue weighted by atomic mass is 16.5. The molecule has 1 heterocycles. The fourth-order valence-corrected chi connectivity index (χ4v) is 2.20. The molecule has 6 heteroatoms. The molecule has 0 amide bonds. The Labute approximate surface area is 106 Å². The van der Waals surface area contributed by atoms with E-state index in [1.165, 1.54) is 11.8 Å². The predicted molar refractivity (Wildman–Crippen MR) is 65.4 cm³/mol. The van der Waals surface area contributed by atoms with Gasteiger partial charge in [0.05, 0.1) is 30.4 Å². The first-order valence-electron chi connectivity index (χ1n) is 5.79. The number of aryl methyl sites for hydroxylation is 2. The molecule has 2 atom stereocenters. The third kappa shape index (κ3) is 2.48. The smallest absolute Gasteiger partial charge is 0.309 e. The SMILES string of the molecule is COc1c(C(O)C(C(=O)O)C(C)C)c(C)nn1C. The molecule has 102 valence electrons. The molecule has 0 saturated heterocycles. The molecular formula is C12H20N2O4. The van der Waals surface area contributed by atoms with E-state index in [0.29, 0.717) is 17.1 Å². The van der Waals surface area contributed by atoms with Crippen LogP contribution in [0.3, 0.4) is 0 Å². The van der Waals surface area contributed by atoms with Gasteiger partial charge in [-0.1, -0.05) is 13.8 Å². The van der Waals surface area contributed by atoms with E-state index < -0.39 is 18.0 Å². The van der Waals surface area contributed by atoms with Crippen molar-refractivity contribution >= 4 is 5.97 Å². The summed E-state index contributed by atoms with van der Waals surface area (Å²) in [6, 6.07) is 0. The summed E-state index contributed by atoms with van der Waals surface area (Å²) in [5.74, 6) is -1.71. The normalized spacial score (nSPS) is 14.6. The van der Waals surface area contributed by atoms with Gasteiger partial charge in [0.1, 0.15) is 0 Å². The van der Waals surface area contributed by atoms with Gasteiger partial charge in [0.25, 0.3) is 0 Å². The van der Waals surface area contributed by atoms with Crippen LogP contribution in [0, 0.1) is 18.8 Å². The molecule has 0 aliphatic heterocycles. The Bertz CT molecular complexity index is 440. The van der Waals surface area contributed by atoms with Gasteiger partial charge < -0.3 is 14.9 Å². The Morgan fingerprint density at radius 1 is 1.44 bits per heavy atom. The predicted octanol–water partition coefficient (Wildman–Crippen LogP) is 1.13. The van der Waals surface area contributed by atoms with Crippen molar-refractivity contribution in [2.45, 2.75) is 26.9 Å². The number of aliphatic hydroxyl groups excluding tert-OH is 1. The van der Waals surface area contributed by atoms with Crippen LogP contribution in [0.1, 0.15) is 31.2 Å². The van der Waals surface area contributed by atoms with Gasteiger partial charge in [0.2, 0.25) is 5.88 Å². The maximum atomic E-state index is 11.2. The molecule has 0 saturated carbocycles. The van der Waals surface area contributed by atoms with E-state index in [9.17, 15) is 15.0 Å². The number of rotatable bonds is 5. The molecule has 1 rings (SSSR count). The number of carbonyl (C=O) groups is 1. The van der Waals surface area contributed by atoms with E-state index in [1.54, 1.807) is 27.8 Å². The van der Waals surface area contributed by atoms with E-state index in [2.05, 4.69) is 5.10 Å². The Hall–Kier alpha value is -1.56. The molecule has 0 aliphatic carbocycles. The van der Waals surface area contributed by atoms with Crippen molar-refractivity contribution in [1.82, 2.24) is 9.78 Å². The van der Waals surface area contributed by atoms with Crippen molar-refractivity contribution < 1.29 is 19.7 Å². The van der Waals surface area contributed by atoms with Crippen molar-refractivity contribution in [3.63, 3.8) is 0 Å². The molecule has 0 radical (unpaired) electrons. The fourth-order valence-electron chi connectivity index (χ4n) is 2.20. The lowest BCUT2D eigenvalue weighted by Gasteiger charge is -2.22. The van der Waals surface area contributed by atoms with Crippen LogP contribution in [0.25, 0.3) is 0 Å². The molecule has 2 N–H and O–H groups in total. The second-order valence-electron chi connectivity index (χ2n) is 4.68. The van der Waals surface area contributed by atoms with Crippen LogP contribution in [0.4, 0.5) is 0 Å². The first-order valence-corrected chi connectivity index (χ1v) is 5.79. The fraction of sp³-hybridized carbons (Fsp3) is 0.667. The lowest BCUT2D eigenvalue weighted by atomic mass is 9.86. The van der Waals surface area contributed by atoms with Crippen LogP contribution < -0.4 is 4.74 Å². The van der Waals surface area contributed by atoms with Gasteiger partial charge >= 0.3 is 5.97 Å². The summed E-state index contributed by atoms with van der Waals surface area (Å²) in [6.07, 6.45) is -1.13. The maximum Gasteiger partial charge on any atom is 0.309 e. The lowest BCUT2D eigenvalue weighted by molar-refractivity contribution is -0.148. The number of methoxy groups -OCH3 is 1. The minimum absolute atomic E-state index is 0.193. The van der Waals surface area contributed by atoms with Crippen LogP contribution >= 0.6 is 0 Å². The molecule has 2 unspecified atom stereocenters. The van der Waals surface area contributed by atoms with E-state index in [0.717, 1.165) is 0 Å². The molecular weight excluding hydrogens is 236 g/mol. The number of ether oxygens (including phenoxy) is 1. The van der Waals surface area contributed by atoms with Crippen LogP contribution in [0.15, 0.2) is 0 Å². The molecule has 0 spiro atoms. The minimum atomic E-state index is -1.13. The van der Waals surface area contributed by atoms with Gasteiger partial charge in [0.15, 0.2) is 0 Å². The maximum absolute atomic E-state index is 11.2. The Morgan fingerprint density at radius 3 is 2.39 bits per heavy atom. The summed E-state index contributed by atoms with van der Waals surface area (Å²) in [4.78, 5) is 11.2. The Morgan fingerprint density at radius 2 is 2.00 bits per heavy atom. The van der Waals surface area contributed by atoms with E-state index in [4.69, 9.17) is 4.74 Å². The number of aromatic nitrogens is 2. The molecule has 6 nitrogen and oxygen atoms in total. The Balaban J connectivity index is 3.24. The molecule has 0 aromatic carbocycles. The monoisotopic (exact) mass is 256 g/mol. The number of aliphatic hydroxyl groups is 1. The summed E-state index contributed by atoms with van der Waals surface area (Å²) < 4.78 is 6.67. The standard InChI is InChI=1S/C12H20N2O4/c1-6(2)8(12(16)17)10(15)9-7(3)13-14(4)11(9)18-5/h6,8,10,15H,1-5H3,(H,16,17). The first-order chi connectivity index (χ1) is 8.31. The molecule has 0 fully saturated rings. The van der Waals surface area contributed by atoms with Crippen molar-refractivity contribution in [1.29, 1.82) is 0 Å². The zero-order valence-corrected chi connectivity index (χ0v) is 11.3. The molecule has 0 aliphatic rings. The number of hydrogen-bond acceptors (Lipinski definition) is 4. The van der Waals surface area contributed by atoms with Gasteiger partial charge in [-0.25, -0.2) is 4.68 Å². The average Bonchev–Trinajstić information content (AvgIpc) is 2.51.